The molecule has 2 aliphatic rings. The van der Waals surface area contributed by atoms with E-state index in [1.54, 1.807) is 36.1 Å². The first-order valence-electron chi connectivity index (χ1n) is 12.1. The van der Waals surface area contributed by atoms with E-state index < -0.39 is 0 Å². The molecule has 2 amide bonds. The average Bonchev–Trinajstić information content (AvgIpc) is 2.85. The quantitative estimate of drug-likeness (QED) is 0.542. The van der Waals surface area contributed by atoms with Crippen LogP contribution in [0.2, 0.25) is 5.02 Å². The zero-order valence-electron chi connectivity index (χ0n) is 19.7. The molecule has 2 heterocycles. The van der Waals surface area contributed by atoms with Crippen molar-refractivity contribution in [1.82, 2.24) is 9.80 Å². The summed E-state index contributed by atoms with van der Waals surface area (Å²) in [7, 11) is 0. The summed E-state index contributed by atoms with van der Waals surface area (Å²) in [6.45, 7) is 4.69. The van der Waals surface area contributed by atoms with E-state index >= 15 is 0 Å². The third-order valence-corrected chi connectivity index (χ3v) is 7.34. The van der Waals surface area contributed by atoms with Crippen LogP contribution in [-0.4, -0.2) is 54.4 Å². The number of hydrogen-bond acceptors (Lipinski definition) is 3. The molecule has 182 valence electrons. The van der Waals surface area contributed by atoms with Crippen molar-refractivity contribution in [2.75, 3.05) is 32.8 Å². The lowest BCUT2D eigenvalue weighted by atomic mass is 9.75. The first-order valence-corrected chi connectivity index (χ1v) is 12.4. The number of amides is 2. The van der Waals surface area contributed by atoms with Crippen molar-refractivity contribution in [2.24, 2.45) is 5.41 Å². The lowest BCUT2D eigenvalue weighted by Gasteiger charge is -2.42. The molecule has 0 aromatic heterocycles. The lowest BCUT2D eigenvalue weighted by Crippen LogP contribution is -2.48. The fraction of sp³-hybridized carbons (Fsp3) is 0.481. The monoisotopic (exact) mass is 486 g/mol. The van der Waals surface area contributed by atoms with Crippen molar-refractivity contribution < 1.29 is 18.7 Å². The van der Waals surface area contributed by atoms with Crippen molar-refractivity contribution in [3.63, 3.8) is 0 Å². The van der Waals surface area contributed by atoms with Crippen LogP contribution >= 0.6 is 11.6 Å². The van der Waals surface area contributed by atoms with Crippen LogP contribution in [0.25, 0.3) is 0 Å². The number of rotatable bonds is 6. The van der Waals surface area contributed by atoms with E-state index in [-0.39, 0.29) is 23.0 Å². The summed E-state index contributed by atoms with van der Waals surface area (Å²) in [5, 5.41) is 0.599. The molecule has 0 spiro atoms. The first-order chi connectivity index (χ1) is 16.3. The molecule has 2 aromatic rings. The first kappa shape index (κ1) is 24.5. The van der Waals surface area contributed by atoms with Gasteiger partial charge >= 0.3 is 0 Å². The number of piperidine rings is 2. The lowest BCUT2D eigenvalue weighted by molar-refractivity contribution is -0.136. The van der Waals surface area contributed by atoms with E-state index in [4.69, 9.17) is 16.3 Å². The van der Waals surface area contributed by atoms with Gasteiger partial charge in [-0.2, -0.15) is 0 Å². The fourth-order valence-electron chi connectivity index (χ4n) is 4.83. The number of aryl methyl sites for hydroxylation is 1. The number of halogens is 2. The molecule has 4 rings (SSSR count). The van der Waals surface area contributed by atoms with Crippen LogP contribution in [0.1, 0.15) is 54.4 Å². The van der Waals surface area contributed by atoms with Gasteiger partial charge in [0.2, 0.25) is 5.91 Å². The summed E-state index contributed by atoms with van der Waals surface area (Å²) < 4.78 is 20.1. The van der Waals surface area contributed by atoms with E-state index in [1.807, 2.05) is 17.0 Å². The van der Waals surface area contributed by atoms with Crippen LogP contribution in [0.3, 0.4) is 0 Å². The van der Waals surface area contributed by atoms with Crippen molar-refractivity contribution >= 4 is 23.4 Å². The van der Waals surface area contributed by atoms with Crippen LogP contribution in [0, 0.1) is 18.2 Å². The van der Waals surface area contributed by atoms with Crippen LogP contribution in [0.5, 0.6) is 5.75 Å². The number of benzene rings is 2. The summed E-state index contributed by atoms with van der Waals surface area (Å²) in [6, 6.07) is 11.9. The molecule has 2 saturated heterocycles. The summed E-state index contributed by atoms with van der Waals surface area (Å²) in [6.07, 6.45) is 4.96. The van der Waals surface area contributed by atoms with Crippen LogP contribution < -0.4 is 4.74 Å². The zero-order chi connectivity index (χ0) is 24.1. The third kappa shape index (κ3) is 5.90. The second-order valence-electron chi connectivity index (χ2n) is 9.62. The highest BCUT2D eigenvalue weighted by Gasteiger charge is 2.40. The maximum Gasteiger partial charge on any atom is 0.253 e. The molecule has 0 aliphatic carbocycles. The zero-order valence-corrected chi connectivity index (χ0v) is 20.5. The number of hydrogen-bond donors (Lipinski definition) is 0. The van der Waals surface area contributed by atoms with Gasteiger partial charge in [0.1, 0.15) is 11.6 Å². The van der Waals surface area contributed by atoms with Crippen molar-refractivity contribution in [1.29, 1.82) is 0 Å². The Morgan fingerprint density at radius 2 is 1.74 bits per heavy atom. The van der Waals surface area contributed by atoms with Gasteiger partial charge in [-0.1, -0.05) is 23.7 Å². The van der Waals surface area contributed by atoms with Gasteiger partial charge in [0.05, 0.1) is 6.61 Å². The second-order valence-corrected chi connectivity index (χ2v) is 10.1. The predicted octanol–water partition coefficient (Wildman–Crippen LogP) is 5.49. The number of carbonyl (C=O) groups is 2. The molecule has 0 N–H and O–H groups in total. The predicted molar refractivity (Wildman–Crippen MR) is 131 cm³/mol. The minimum Gasteiger partial charge on any atom is -0.493 e. The van der Waals surface area contributed by atoms with E-state index in [0.717, 1.165) is 25.9 Å². The van der Waals surface area contributed by atoms with Gasteiger partial charge < -0.3 is 14.5 Å². The normalized spacial score (nSPS) is 18.0. The summed E-state index contributed by atoms with van der Waals surface area (Å²) >= 11 is 6.11. The van der Waals surface area contributed by atoms with Gasteiger partial charge in [-0.25, -0.2) is 4.39 Å². The maximum absolute atomic E-state index is 14.0. The van der Waals surface area contributed by atoms with E-state index in [1.165, 1.54) is 12.5 Å². The van der Waals surface area contributed by atoms with Crippen LogP contribution in [0.15, 0.2) is 42.5 Å². The molecule has 7 heteroatoms. The molecule has 0 saturated carbocycles. The van der Waals surface area contributed by atoms with Crippen LogP contribution in [0.4, 0.5) is 4.39 Å². The van der Waals surface area contributed by atoms with E-state index in [9.17, 15) is 14.0 Å². The Bertz CT molecular complexity index is 1030. The number of carbonyl (C=O) groups excluding carboxylic acids is 2. The molecule has 2 fully saturated rings. The number of nitrogens with zero attached hydrogens (tertiary/aromatic N) is 2. The minimum atomic E-state index is -0.376. The van der Waals surface area contributed by atoms with Gasteiger partial charge in [0.25, 0.3) is 5.91 Å². The topological polar surface area (TPSA) is 49.9 Å². The number of ether oxygens (including phenoxy) is 1. The fourth-order valence-corrected chi connectivity index (χ4v) is 5.01. The second kappa shape index (κ2) is 10.8. The van der Waals surface area contributed by atoms with Gasteiger partial charge in [0, 0.05) is 48.6 Å². The standard InChI is InChI=1S/C27H32ClFN2O3/c1-20-8-9-21(16-24(20)29)26(33)31-14-10-27(11-15-31,18-25(32)30-12-3-2-4-13-30)19-34-23-7-5-6-22(28)17-23/h5-9,16-17H,2-4,10-15,18-19H2,1H3. The smallest absolute Gasteiger partial charge is 0.253 e. The molecule has 5 nitrogen and oxygen atoms in total. The van der Waals surface area contributed by atoms with Gasteiger partial charge in [-0.3, -0.25) is 9.59 Å². The van der Waals surface area contributed by atoms with Gasteiger partial charge in [-0.05, 0) is 74.9 Å². The largest absolute Gasteiger partial charge is 0.493 e. The van der Waals surface area contributed by atoms with Gasteiger partial charge in [0.15, 0.2) is 0 Å². The highest BCUT2D eigenvalue weighted by atomic mass is 35.5. The highest BCUT2D eigenvalue weighted by molar-refractivity contribution is 6.30. The highest BCUT2D eigenvalue weighted by Crippen LogP contribution is 2.37. The third-order valence-electron chi connectivity index (χ3n) is 7.11. The maximum atomic E-state index is 14.0. The molecule has 0 radical (unpaired) electrons. The molecule has 34 heavy (non-hydrogen) atoms. The Hall–Kier alpha value is -2.60. The van der Waals surface area contributed by atoms with Crippen molar-refractivity contribution in [3.05, 3.63) is 64.4 Å². The molecule has 2 aliphatic heterocycles. The van der Waals surface area contributed by atoms with Crippen molar-refractivity contribution in [3.8, 4) is 5.75 Å². The van der Waals surface area contributed by atoms with E-state index in [0.29, 0.717) is 60.9 Å². The molecule has 0 unspecified atom stereocenters. The number of likely N-dealkylation sites (tertiary alicyclic amines) is 2. The Morgan fingerprint density at radius 1 is 1.00 bits per heavy atom. The summed E-state index contributed by atoms with van der Waals surface area (Å²) in [5.74, 6) is 0.283. The molecule has 0 bridgehead atoms. The molecule has 0 atom stereocenters. The molecular weight excluding hydrogens is 455 g/mol. The van der Waals surface area contributed by atoms with Crippen LogP contribution in [-0.2, 0) is 4.79 Å². The Balaban J connectivity index is 1.46. The Kier molecular flexibility index (Phi) is 7.77. The van der Waals surface area contributed by atoms with E-state index in [2.05, 4.69) is 0 Å². The Labute approximate surface area is 205 Å². The molecular formula is C27H32ClFN2O3. The summed E-state index contributed by atoms with van der Waals surface area (Å²) in [4.78, 5) is 29.9. The van der Waals surface area contributed by atoms with Crippen molar-refractivity contribution in [2.45, 2.75) is 45.4 Å². The van der Waals surface area contributed by atoms with Gasteiger partial charge in [-0.15, -0.1) is 0 Å². The summed E-state index contributed by atoms with van der Waals surface area (Å²) in [5.41, 5.74) is 0.505. The average molecular weight is 487 g/mol. The SMILES string of the molecule is Cc1ccc(C(=O)N2CCC(COc3cccc(Cl)c3)(CC(=O)N3CCCCC3)CC2)cc1F. The minimum absolute atomic E-state index is 0.162. The Morgan fingerprint density at radius 3 is 2.41 bits per heavy atom. The molecule has 2 aromatic carbocycles.